The molecule has 1 heterocycles. The Labute approximate surface area is 173 Å². The molecule has 3 aromatic rings. The van der Waals surface area contributed by atoms with E-state index in [0.717, 1.165) is 5.69 Å². The first-order chi connectivity index (χ1) is 14.2. The first-order valence-electron chi connectivity index (χ1n) is 9.08. The van der Waals surface area contributed by atoms with E-state index in [0.29, 0.717) is 22.7 Å². The zero-order valence-electron chi connectivity index (χ0n) is 17.0. The standard InChI is InChI=1S/C20H22N6O4/c1-20(2,3)30-19(28)23-16-11-14(7-10-17(16)29-4)22-18(27)13-5-8-15(9-6-13)26-12-21-24-25-26/h5-12H,1-4H3,(H,22,27)(H,23,28). The van der Waals surface area contributed by atoms with Gasteiger partial charge in [-0.05, 0) is 73.7 Å². The molecule has 0 spiro atoms. The SMILES string of the molecule is COc1ccc(NC(=O)c2ccc(-n3cnnn3)cc2)cc1NC(=O)OC(C)(C)C. The van der Waals surface area contributed by atoms with E-state index in [1.54, 1.807) is 63.2 Å². The van der Waals surface area contributed by atoms with Gasteiger partial charge in [-0.15, -0.1) is 5.10 Å². The second-order valence-electron chi connectivity index (χ2n) is 7.30. The molecule has 0 radical (unpaired) electrons. The van der Waals surface area contributed by atoms with Crippen LogP contribution in [0.5, 0.6) is 5.75 Å². The Kier molecular flexibility index (Phi) is 5.95. The molecule has 156 valence electrons. The van der Waals surface area contributed by atoms with Crippen molar-refractivity contribution < 1.29 is 19.1 Å². The van der Waals surface area contributed by atoms with Crippen molar-refractivity contribution in [3.63, 3.8) is 0 Å². The molecule has 0 aliphatic heterocycles. The third-order valence-electron chi connectivity index (χ3n) is 3.84. The molecule has 30 heavy (non-hydrogen) atoms. The predicted molar refractivity (Wildman–Crippen MR) is 110 cm³/mol. The number of rotatable bonds is 5. The number of benzene rings is 2. The molecule has 0 saturated heterocycles. The van der Waals surface area contributed by atoms with Crippen LogP contribution >= 0.6 is 0 Å². The van der Waals surface area contributed by atoms with Crippen molar-refractivity contribution in [2.75, 3.05) is 17.7 Å². The topological polar surface area (TPSA) is 120 Å². The Morgan fingerprint density at radius 3 is 2.37 bits per heavy atom. The van der Waals surface area contributed by atoms with Gasteiger partial charge < -0.3 is 14.8 Å². The lowest BCUT2D eigenvalue weighted by atomic mass is 10.2. The van der Waals surface area contributed by atoms with Gasteiger partial charge in [-0.2, -0.15) is 0 Å². The van der Waals surface area contributed by atoms with Crippen LogP contribution in [0.15, 0.2) is 48.8 Å². The lowest BCUT2D eigenvalue weighted by Gasteiger charge is -2.20. The highest BCUT2D eigenvalue weighted by Gasteiger charge is 2.18. The van der Waals surface area contributed by atoms with Gasteiger partial charge in [0.1, 0.15) is 17.7 Å². The molecule has 0 aliphatic rings. The van der Waals surface area contributed by atoms with E-state index in [-0.39, 0.29) is 5.91 Å². The molecular weight excluding hydrogens is 388 g/mol. The van der Waals surface area contributed by atoms with E-state index in [9.17, 15) is 9.59 Å². The molecule has 3 rings (SSSR count). The minimum atomic E-state index is -0.641. The first kappa shape index (κ1) is 20.8. The fourth-order valence-corrected chi connectivity index (χ4v) is 2.55. The summed E-state index contributed by atoms with van der Waals surface area (Å²) in [7, 11) is 1.49. The zero-order valence-corrected chi connectivity index (χ0v) is 17.0. The summed E-state index contributed by atoms with van der Waals surface area (Å²) >= 11 is 0. The number of nitrogens with zero attached hydrogens (tertiary/aromatic N) is 4. The van der Waals surface area contributed by atoms with E-state index in [2.05, 4.69) is 26.2 Å². The van der Waals surface area contributed by atoms with Gasteiger partial charge in [0.15, 0.2) is 0 Å². The van der Waals surface area contributed by atoms with Crippen LogP contribution in [0, 0.1) is 0 Å². The molecule has 10 nitrogen and oxygen atoms in total. The highest BCUT2D eigenvalue weighted by molar-refractivity contribution is 6.04. The minimum Gasteiger partial charge on any atom is -0.495 e. The van der Waals surface area contributed by atoms with Gasteiger partial charge in [0.25, 0.3) is 5.91 Å². The predicted octanol–water partition coefficient (Wildman–Crippen LogP) is 3.27. The number of carbonyl (C=O) groups excluding carboxylic acids is 2. The molecule has 10 heteroatoms. The van der Waals surface area contributed by atoms with Crippen molar-refractivity contribution in [1.82, 2.24) is 20.2 Å². The van der Waals surface area contributed by atoms with Crippen LogP contribution in [0.2, 0.25) is 0 Å². The fourth-order valence-electron chi connectivity index (χ4n) is 2.55. The average Bonchev–Trinajstić information content (AvgIpc) is 3.21. The van der Waals surface area contributed by atoms with Crippen molar-refractivity contribution in [3.05, 3.63) is 54.4 Å². The van der Waals surface area contributed by atoms with Crippen molar-refractivity contribution in [3.8, 4) is 11.4 Å². The number of anilines is 2. The van der Waals surface area contributed by atoms with E-state index in [1.807, 2.05) is 0 Å². The normalized spacial score (nSPS) is 10.9. The van der Waals surface area contributed by atoms with Gasteiger partial charge >= 0.3 is 6.09 Å². The van der Waals surface area contributed by atoms with Crippen LogP contribution in [0.25, 0.3) is 5.69 Å². The summed E-state index contributed by atoms with van der Waals surface area (Å²) < 4.78 is 12.0. The van der Waals surface area contributed by atoms with Crippen LogP contribution in [-0.4, -0.2) is 44.9 Å². The molecule has 2 N–H and O–H groups in total. The number of hydrogen-bond acceptors (Lipinski definition) is 7. The van der Waals surface area contributed by atoms with Gasteiger partial charge in [0, 0.05) is 11.3 Å². The number of amides is 2. The second kappa shape index (κ2) is 8.60. The molecule has 2 amide bonds. The number of methoxy groups -OCH3 is 1. The number of carbonyl (C=O) groups is 2. The van der Waals surface area contributed by atoms with Gasteiger partial charge in [-0.3, -0.25) is 10.1 Å². The molecule has 2 aromatic carbocycles. The molecule has 0 aliphatic carbocycles. The largest absolute Gasteiger partial charge is 0.495 e. The maximum absolute atomic E-state index is 12.6. The van der Waals surface area contributed by atoms with E-state index in [1.165, 1.54) is 18.1 Å². The maximum atomic E-state index is 12.6. The lowest BCUT2D eigenvalue weighted by Crippen LogP contribution is -2.27. The van der Waals surface area contributed by atoms with Gasteiger partial charge in [0.2, 0.25) is 0 Å². The van der Waals surface area contributed by atoms with Crippen molar-refractivity contribution in [2.45, 2.75) is 26.4 Å². The number of aromatic nitrogens is 4. The number of hydrogen-bond donors (Lipinski definition) is 2. The second-order valence-corrected chi connectivity index (χ2v) is 7.30. The van der Waals surface area contributed by atoms with Gasteiger partial charge in [-0.1, -0.05) is 0 Å². The molecule has 1 aromatic heterocycles. The van der Waals surface area contributed by atoms with Crippen LogP contribution in [-0.2, 0) is 4.74 Å². The molecule has 0 unspecified atom stereocenters. The summed E-state index contributed by atoms with van der Waals surface area (Å²) in [6, 6.07) is 11.7. The fraction of sp³-hybridized carbons (Fsp3) is 0.250. The summed E-state index contributed by atoms with van der Waals surface area (Å²) in [5.74, 6) is 0.122. The van der Waals surface area contributed by atoms with Crippen molar-refractivity contribution in [2.24, 2.45) is 0 Å². The number of nitrogens with one attached hydrogen (secondary N) is 2. The zero-order chi connectivity index (χ0) is 21.7. The monoisotopic (exact) mass is 410 g/mol. The van der Waals surface area contributed by atoms with E-state index >= 15 is 0 Å². The molecule has 0 fully saturated rings. The Morgan fingerprint density at radius 1 is 1.03 bits per heavy atom. The van der Waals surface area contributed by atoms with Crippen molar-refractivity contribution in [1.29, 1.82) is 0 Å². The number of ether oxygens (including phenoxy) is 2. The summed E-state index contributed by atoms with van der Waals surface area (Å²) in [4.78, 5) is 24.7. The minimum absolute atomic E-state index is 0.313. The first-order valence-corrected chi connectivity index (χ1v) is 9.08. The number of tetrazole rings is 1. The Hall–Kier alpha value is -3.95. The van der Waals surface area contributed by atoms with Crippen molar-refractivity contribution >= 4 is 23.4 Å². The molecule has 0 atom stereocenters. The third-order valence-corrected chi connectivity index (χ3v) is 3.84. The maximum Gasteiger partial charge on any atom is 0.412 e. The molecule has 0 bridgehead atoms. The van der Waals surface area contributed by atoms with Crippen LogP contribution in [0.1, 0.15) is 31.1 Å². The molecule has 0 saturated carbocycles. The van der Waals surface area contributed by atoms with Crippen LogP contribution in [0.3, 0.4) is 0 Å². The smallest absolute Gasteiger partial charge is 0.412 e. The van der Waals surface area contributed by atoms with Crippen LogP contribution in [0.4, 0.5) is 16.2 Å². The lowest BCUT2D eigenvalue weighted by molar-refractivity contribution is 0.0635. The quantitative estimate of drug-likeness (QED) is 0.662. The Morgan fingerprint density at radius 2 is 1.77 bits per heavy atom. The van der Waals surface area contributed by atoms with Crippen LogP contribution < -0.4 is 15.4 Å². The molecular formula is C20H22N6O4. The van der Waals surface area contributed by atoms with Gasteiger partial charge in [0.05, 0.1) is 18.5 Å². The average molecular weight is 410 g/mol. The Balaban J connectivity index is 1.72. The summed E-state index contributed by atoms with van der Waals surface area (Å²) in [5, 5.41) is 16.4. The summed E-state index contributed by atoms with van der Waals surface area (Å²) in [6.45, 7) is 5.31. The van der Waals surface area contributed by atoms with E-state index < -0.39 is 11.7 Å². The van der Waals surface area contributed by atoms with Gasteiger partial charge in [-0.25, -0.2) is 9.48 Å². The highest BCUT2D eigenvalue weighted by Crippen LogP contribution is 2.28. The highest BCUT2D eigenvalue weighted by atomic mass is 16.6. The summed E-state index contributed by atoms with van der Waals surface area (Å²) in [5.41, 5.74) is 1.39. The Bertz CT molecular complexity index is 1030. The summed E-state index contributed by atoms with van der Waals surface area (Å²) in [6.07, 6.45) is 0.841. The third kappa shape index (κ3) is 5.31. The van der Waals surface area contributed by atoms with E-state index in [4.69, 9.17) is 9.47 Å².